The molecule has 82 valence electrons. The first kappa shape index (κ1) is 11.0. The van der Waals surface area contributed by atoms with E-state index < -0.39 is 11.3 Å². The van der Waals surface area contributed by atoms with E-state index in [1.807, 2.05) is 19.3 Å². The van der Waals surface area contributed by atoms with Gasteiger partial charge in [-0.15, -0.1) is 0 Å². The first-order valence-electron chi connectivity index (χ1n) is 4.25. The summed E-state index contributed by atoms with van der Waals surface area (Å²) in [6, 6.07) is 0. The summed E-state index contributed by atoms with van der Waals surface area (Å²) in [5.74, 6) is -0.666. The zero-order valence-corrected chi connectivity index (χ0v) is 8.27. The molecule has 0 aliphatic carbocycles. The van der Waals surface area contributed by atoms with Crippen LogP contribution in [0.1, 0.15) is 25.6 Å². The van der Waals surface area contributed by atoms with Crippen LogP contribution >= 0.6 is 0 Å². The van der Waals surface area contributed by atoms with Gasteiger partial charge in [-0.25, -0.2) is 0 Å². The van der Waals surface area contributed by atoms with Crippen LogP contribution in [0.15, 0.2) is 4.79 Å². The molecule has 3 N–H and O–H groups in total. The van der Waals surface area contributed by atoms with Gasteiger partial charge in [0.25, 0.3) is 11.4 Å². The van der Waals surface area contributed by atoms with E-state index in [2.05, 4.69) is 14.8 Å². The highest BCUT2D eigenvalue weighted by Gasteiger charge is 2.13. The number of rotatable bonds is 4. The third-order valence-electron chi connectivity index (χ3n) is 1.63. The van der Waals surface area contributed by atoms with Crippen molar-refractivity contribution in [2.45, 2.75) is 19.8 Å². The molecule has 0 atom stereocenters. The van der Waals surface area contributed by atoms with Crippen molar-refractivity contribution in [1.29, 1.82) is 0 Å². The summed E-state index contributed by atoms with van der Waals surface area (Å²) in [6.45, 7) is 3.62. The quantitative estimate of drug-likeness (QED) is 0.468. The van der Waals surface area contributed by atoms with Crippen LogP contribution in [0.4, 0.5) is 0 Å². The highest BCUT2D eigenvalue weighted by molar-refractivity contribution is 5.45. The number of carbonyl (C=O) groups excluding carboxylic acids is 1. The minimum absolute atomic E-state index is 0.0307. The van der Waals surface area contributed by atoms with Crippen LogP contribution in [-0.4, -0.2) is 21.5 Å². The number of amides is 1. The summed E-state index contributed by atoms with van der Waals surface area (Å²) < 4.78 is 0. The minimum Gasteiger partial charge on any atom is -0.499 e. The molecule has 1 aromatic heterocycles. The Labute approximate surface area is 85.1 Å². The van der Waals surface area contributed by atoms with Gasteiger partial charge in [0.2, 0.25) is 12.2 Å². The van der Waals surface area contributed by atoms with Gasteiger partial charge in [0.15, 0.2) is 0 Å². The van der Waals surface area contributed by atoms with Crippen molar-refractivity contribution in [2.24, 2.45) is 0 Å². The van der Waals surface area contributed by atoms with Gasteiger partial charge in [-0.05, 0) is 0 Å². The third-order valence-corrected chi connectivity index (χ3v) is 1.63. The summed E-state index contributed by atoms with van der Waals surface area (Å²) in [5.41, 5.74) is 1.13. The van der Waals surface area contributed by atoms with Crippen LogP contribution in [0.2, 0.25) is 0 Å². The molecule has 0 saturated heterocycles. The summed E-state index contributed by atoms with van der Waals surface area (Å²) in [6.07, 6.45) is 0.261. The smallest absolute Gasteiger partial charge is 0.297 e. The molecule has 0 fully saturated rings. The molecule has 0 aliphatic heterocycles. The number of aromatic hydroxyl groups is 1. The van der Waals surface area contributed by atoms with Gasteiger partial charge in [0, 0.05) is 5.92 Å². The Morgan fingerprint density at radius 2 is 2.27 bits per heavy atom. The van der Waals surface area contributed by atoms with Crippen LogP contribution < -0.4 is 15.9 Å². The molecular formula is C8H11N3O4. The van der Waals surface area contributed by atoms with Crippen LogP contribution in [0.25, 0.3) is 0 Å². The number of carbonyl (C=O) groups is 1. The number of aromatic nitrogens is 2. The van der Waals surface area contributed by atoms with E-state index in [-0.39, 0.29) is 18.2 Å². The van der Waals surface area contributed by atoms with Gasteiger partial charge in [-0.2, -0.15) is 10.5 Å². The Morgan fingerprint density at radius 3 is 2.80 bits per heavy atom. The molecule has 7 heteroatoms. The van der Waals surface area contributed by atoms with Crippen molar-refractivity contribution in [2.75, 3.05) is 0 Å². The van der Waals surface area contributed by atoms with E-state index >= 15 is 0 Å². The Morgan fingerprint density at radius 1 is 1.60 bits per heavy atom. The van der Waals surface area contributed by atoms with Gasteiger partial charge < -0.3 is 14.9 Å². The van der Waals surface area contributed by atoms with Crippen LogP contribution in [-0.2, 0) is 4.79 Å². The van der Waals surface area contributed by atoms with Crippen molar-refractivity contribution in [3.05, 3.63) is 16.2 Å². The first-order chi connectivity index (χ1) is 7.06. The molecule has 0 spiro atoms. The molecule has 0 bridgehead atoms. The lowest BCUT2D eigenvalue weighted by Gasteiger charge is -2.07. The van der Waals surface area contributed by atoms with E-state index in [0.29, 0.717) is 5.82 Å². The number of nitrogens with one attached hydrogen (secondary N) is 2. The second-order valence-electron chi connectivity index (χ2n) is 3.10. The molecule has 0 unspecified atom stereocenters. The Kier molecular flexibility index (Phi) is 3.27. The molecule has 15 heavy (non-hydrogen) atoms. The van der Waals surface area contributed by atoms with Crippen molar-refractivity contribution >= 4 is 6.41 Å². The maximum atomic E-state index is 11.2. The van der Waals surface area contributed by atoms with Crippen LogP contribution in [0.5, 0.6) is 11.6 Å². The van der Waals surface area contributed by atoms with Crippen LogP contribution in [0.3, 0.4) is 0 Å². The fraction of sp³-hybridized carbons (Fsp3) is 0.375. The predicted molar refractivity (Wildman–Crippen MR) is 50.4 cm³/mol. The van der Waals surface area contributed by atoms with E-state index in [9.17, 15) is 14.7 Å². The average molecular weight is 213 g/mol. The Balaban J connectivity index is 3.13. The number of nitrogens with zero attached hydrogens (tertiary/aromatic N) is 1. The maximum absolute atomic E-state index is 11.2. The van der Waals surface area contributed by atoms with E-state index in [0.717, 1.165) is 0 Å². The number of aromatic amines is 1. The molecule has 1 amide bonds. The molecule has 1 rings (SSSR count). The largest absolute Gasteiger partial charge is 0.499 e. The fourth-order valence-electron chi connectivity index (χ4n) is 0.887. The highest BCUT2D eigenvalue weighted by Crippen LogP contribution is 2.18. The number of H-pyrrole nitrogens is 1. The SMILES string of the molecule is CC(C)c1nc(ONC=O)c(O)c(=O)[nH]1. The fourth-order valence-corrected chi connectivity index (χ4v) is 0.887. The van der Waals surface area contributed by atoms with Gasteiger partial charge in [0.05, 0.1) is 0 Å². The van der Waals surface area contributed by atoms with Gasteiger partial charge in [-0.1, -0.05) is 13.8 Å². The summed E-state index contributed by atoms with van der Waals surface area (Å²) in [7, 11) is 0. The normalized spacial score (nSPS) is 10.1. The third kappa shape index (κ3) is 2.46. The van der Waals surface area contributed by atoms with Crippen molar-refractivity contribution in [3.63, 3.8) is 0 Å². The van der Waals surface area contributed by atoms with E-state index in [1.54, 1.807) is 0 Å². The summed E-state index contributed by atoms with van der Waals surface area (Å²) >= 11 is 0. The molecular weight excluding hydrogens is 202 g/mol. The summed E-state index contributed by atoms with van der Waals surface area (Å²) in [5, 5.41) is 9.24. The lowest BCUT2D eigenvalue weighted by molar-refractivity contribution is -0.115. The molecule has 1 aromatic rings. The molecule has 1 heterocycles. The summed E-state index contributed by atoms with van der Waals surface area (Å²) in [4.78, 5) is 31.9. The topological polar surface area (TPSA) is 104 Å². The highest BCUT2D eigenvalue weighted by atomic mass is 16.7. The molecule has 0 saturated carbocycles. The number of hydrogen-bond donors (Lipinski definition) is 3. The second kappa shape index (κ2) is 4.45. The van der Waals surface area contributed by atoms with Crippen molar-refractivity contribution in [1.82, 2.24) is 15.4 Å². The zero-order valence-electron chi connectivity index (χ0n) is 8.27. The van der Waals surface area contributed by atoms with Gasteiger partial charge in [-0.3, -0.25) is 9.59 Å². The van der Waals surface area contributed by atoms with E-state index in [4.69, 9.17) is 0 Å². The molecule has 0 aliphatic rings. The standard InChI is InChI=1S/C8H11N3O4/c1-4(2)6-10-7(14)5(13)8(11-6)15-9-3-12/h3-4,13H,1-2H3,(H,9,12)(H,10,11,14). The zero-order chi connectivity index (χ0) is 11.4. The Bertz CT molecular complexity index is 413. The van der Waals surface area contributed by atoms with Crippen LogP contribution in [0, 0.1) is 0 Å². The number of hydrogen-bond acceptors (Lipinski definition) is 5. The predicted octanol–water partition coefficient (Wildman–Crippen LogP) is -0.361. The maximum Gasteiger partial charge on any atom is 0.297 e. The first-order valence-corrected chi connectivity index (χ1v) is 4.25. The van der Waals surface area contributed by atoms with Gasteiger partial charge >= 0.3 is 0 Å². The monoisotopic (exact) mass is 213 g/mol. The number of hydroxylamine groups is 1. The van der Waals surface area contributed by atoms with Gasteiger partial charge in [0.1, 0.15) is 5.82 Å². The lowest BCUT2D eigenvalue weighted by atomic mass is 10.2. The Hall–Kier alpha value is -2.05. The van der Waals surface area contributed by atoms with Crippen molar-refractivity contribution in [3.8, 4) is 11.6 Å². The minimum atomic E-state index is -0.712. The lowest BCUT2D eigenvalue weighted by Crippen LogP contribution is -2.20. The average Bonchev–Trinajstić information content (AvgIpc) is 2.19. The van der Waals surface area contributed by atoms with Crippen molar-refractivity contribution < 1.29 is 14.7 Å². The van der Waals surface area contributed by atoms with E-state index in [1.165, 1.54) is 0 Å². The molecule has 0 radical (unpaired) electrons. The molecule has 0 aromatic carbocycles. The second-order valence-corrected chi connectivity index (χ2v) is 3.10. The molecule has 7 nitrogen and oxygen atoms in total.